The highest BCUT2D eigenvalue weighted by atomic mass is 19.1. The van der Waals surface area contributed by atoms with Crippen LogP contribution in [0.4, 0.5) is 10.1 Å². The molecule has 3 N–H and O–H groups in total. The van der Waals surface area contributed by atoms with Gasteiger partial charge in [0.1, 0.15) is 11.9 Å². The fourth-order valence-electron chi connectivity index (χ4n) is 2.24. The van der Waals surface area contributed by atoms with E-state index in [1.807, 2.05) is 0 Å². The van der Waals surface area contributed by atoms with Crippen LogP contribution in [0, 0.1) is 5.82 Å². The number of carboxylic acids is 1. The summed E-state index contributed by atoms with van der Waals surface area (Å²) in [5, 5.41) is 14.3. The van der Waals surface area contributed by atoms with E-state index in [0.29, 0.717) is 11.3 Å². The fourth-order valence-corrected chi connectivity index (χ4v) is 2.24. The van der Waals surface area contributed by atoms with Crippen LogP contribution in [0.5, 0.6) is 0 Å². The first-order valence-electron chi connectivity index (χ1n) is 7.51. The summed E-state index contributed by atoms with van der Waals surface area (Å²) in [7, 11) is 0. The molecule has 0 aliphatic rings. The van der Waals surface area contributed by atoms with Crippen LogP contribution in [0.2, 0.25) is 0 Å². The number of amides is 2. The molecule has 0 aliphatic carbocycles. The fraction of sp³-hybridized carbons (Fsp3) is 0.167. The van der Waals surface area contributed by atoms with Gasteiger partial charge in [-0.05, 0) is 35.9 Å². The van der Waals surface area contributed by atoms with Gasteiger partial charge in [0, 0.05) is 24.6 Å². The average Bonchev–Trinajstić information content (AvgIpc) is 2.55. The summed E-state index contributed by atoms with van der Waals surface area (Å²) in [5.41, 5.74) is 1.24. The van der Waals surface area contributed by atoms with Crippen molar-refractivity contribution < 1.29 is 23.9 Å². The Morgan fingerprint density at radius 1 is 1.12 bits per heavy atom. The zero-order valence-electron chi connectivity index (χ0n) is 13.5. The number of aliphatic carboxylic acids is 1. The van der Waals surface area contributed by atoms with Crippen LogP contribution in [-0.2, 0) is 16.0 Å². The summed E-state index contributed by atoms with van der Waals surface area (Å²) in [4.78, 5) is 34.8. The molecule has 0 aromatic heterocycles. The van der Waals surface area contributed by atoms with E-state index in [-0.39, 0.29) is 17.9 Å². The quantitative estimate of drug-likeness (QED) is 0.749. The van der Waals surface area contributed by atoms with Crippen molar-refractivity contribution >= 4 is 23.5 Å². The van der Waals surface area contributed by atoms with Gasteiger partial charge >= 0.3 is 5.97 Å². The molecule has 0 spiro atoms. The number of hydrogen-bond donors (Lipinski definition) is 3. The van der Waals surface area contributed by atoms with E-state index in [0.717, 1.165) is 0 Å². The van der Waals surface area contributed by atoms with E-state index in [1.165, 1.54) is 43.3 Å². The first-order chi connectivity index (χ1) is 11.8. The molecular formula is C18H17FN2O4. The molecule has 0 saturated heterocycles. The molecule has 2 aromatic carbocycles. The van der Waals surface area contributed by atoms with Crippen LogP contribution in [0.1, 0.15) is 22.8 Å². The van der Waals surface area contributed by atoms with Crippen LogP contribution in [0.25, 0.3) is 0 Å². The van der Waals surface area contributed by atoms with Crippen molar-refractivity contribution in [2.24, 2.45) is 0 Å². The lowest BCUT2D eigenvalue weighted by atomic mass is 10.1. The molecule has 7 heteroatoms. The molecule has 0 saturated carbocycles. The van der Waals surface area contributed by atoms with Crippen LogP contribution in [-0.4, -0.2) is 28.9 Å². The topological polar surface area (TPSA) is 95.5 Å². The maximum atomic E-state index is 12.9. The molecule has 0 aliphatic heterocycles. The largest absolute Gasteiger partial charge is 0.480 e. The minimum Gasteiger partial charge on any atom is -0.480 e. The molecule has 2 aromatic rings. The van der Waals surface area contributed by atoms with Crippen molar-refractivity contribution in [2.45, 2.75) is 19.4 Å². The van der Waals surface area contributed by atoms with E-state index in [1.54, 1.807) is 12.1 Å². The minimum atomic E-state index is -1.20. The number of carboxylic acid groups (broad SMARTS) is 1. The summed E-state index contributed by atoms with van der Waals surface area (Å²) in [6.45, 7) is 1.34. The number of anilines is 1. The highest BCUT2D eigenvalue weighted by Crippen LogP contribution is 2.12. The van der Waals surface area contributed by atoms with Gasteiger partial charge in [-0.3, -0.25) is 9.59 Å². The highest BCUT2D eigenvalue weighted by Gasteiger charge is 2.21. The van der Waals surface area contributed by atoms with Gasteiger partial charge in [0.05, 0.1) is 0 Å². The first kappa shape index (κ1) is 18.1. The Morgan fingerprint density at radius 2 is 1.80 bits per heavy atom. The minimum absolute atomic E-state index is 0.0206. The number of carbonyl (C=O) groups is 3. The molecule has 130 valence electrons. The predicted octanol–water partition coefficient (Wildman–Crippen LogP) is 2.21. The standard InChI is InChI=1S/C18H17FN2O4/c1-11(22)20-15-4-2-3-13(10-15)17(23)21-16(18(24)25)9-12-5-7-14(19)8-6-12/h2-8,10,16H,9H2,1H3,(H,20,22)(H,21,23)(H,24,25)/t16-/m1/s1. The number of halogens is 1. The molecule has 0 fully saturated rings. The van der Waals surface area contributed by atoms with E-state index < -0.39 is 23.7 Å². The average molecular weight is 344 g/mol. The SMILES string of the molecule is CC(=O)Nc1cccc(C(=O)N[C@H](Cc2ccc(F)cc2)C(=O)O)c1. The number of carbonyl (C=O) groups excluding carboxylic acids is 2. The molecule has 0 radical (unpaired) electrons. The van der Waals surface area contributed by atoms with Crippen molar-refractivity contribution in [1.82, 2.24) is 5.32 Å². The molecule has 2 amide bonds. The van der Waals surface area contributed by atoms with E-state index in [2.05, 4.69) is 10.6 Å². The first-order valence-corrected chi connectivity index (χ1v) is 7.51. The second-order valence-electron chi connectivity index (χ2n) is 5.46. The number of rotatable bonds is 6. The van der Waals surface area contributed by atoms with Crippen LogP contribution in [0.15, 0.2) is 48.5 Å². The summed E-state index contributed by atoms with van der Waals surface area (Å²) in [5.74, 6) is -2.48. The van der Waals surface area contributed by atoms with Crippen molar-refractivity contribution in [2.75, 3.05) is 5.32 Å². The number of nitrogens with one attached hydrogen (secondary N) is 2. The molecule has 1 atom stereocenters. The van der Waals surface area contributed by atoms with Crippen LogP contribution < -0.4 is 10.6 Å². The maximum absolute atomic E-state index is 12.9. The molecule has 25 heavy (non-hydrogen) atoms. The lowest BCUT2D eigenvalue weighted by molar-refractivity contribution is -0.139. The molecule has 0 unspecified atom stereocenters. The third-order valence-electron chi connectivity index (χ3n) is 3.40. The zero-order valence-corrected chi connectivity index (χ0v) is 13.5. The smallest absolute Gasteiger partial charge is 0.326 e. The third-order valence-corrected chi connectivity index (χ3v) is 3.40. The Morgan fingerprint density at radius 3 is 2.40 bits per heavy atom. The zero-order chi connectivity index (χ0) is 18.4. The van der Waals surface area contributed by atoms with E-state index in [9.17, 15) is 23.9 Å². The molecule has 6 nitrogen and oxygen atoms in total. The summed E-state index contributed by atoms with van der Waals surface area (Å²) < 4.78 is 12.9. The number of hydrogen-bond acceptors (Lipinski definition) is 3. The number of benzene rings is 2. The molecule has 0 bridgehead atoms. The van der Waals surface area contributed by atoms with Crippen LogP contribution in [0.3, 0.4) is 0 Å². The Kier molecular flexibility index (Phi) is 5.84. The summed E-state index contributed by atoms with van der Waals surface area (Å²) in [6, 6.07) is 10.4. The van der Waals surface area contributed by atoms with Gasteiger partial charge in [-0.2, -0.15) is 0 Å². The lowest BCUT2D eigenvalue weighted by Gasteiger charge is -2.15. The third kappa shape index (κ3) is 5.42. The Bertz CT molecular complexity index is 790. The Hall–Kier alpha value is -3.22. The van der Waals surface area contributed by atoms with Crippen LogP contribution >= 0.6 is 0 Å². The normalized spacial score (nSPS) is 11.4. The Balaban J connectivity index is 2.11. The predicted molar refractivity (Wildman–Crippen MR) is 89.7 cm³/mol. The monoisotopic (exact) mass is 344 g/mol. The molecular weight excluding hydrogens is 327 g/mol. The maximum Gasteiger partial charge on any atom is 0.326 e. The van der Waals surface area contributed by atoms with Gasteiger partial charge in [-0.25, -0.2) is 9.18 Å². The van der Waals surface area contributed by atoms with Gasteiger partial charge in [0.25, 0.3) is 5.91 Å². The van der Waals surface area contributed by atoms with Gasteiger partial charge in [0.2, 0.25) is 5.91 Å². The van der Waals surface area contributed by atoms with Gasteiger partial charge in [-0.15, -0.1) is 0 Å². The second kappa shape index (κ2) is 8.05. The van der Waals surface area contributed by atoms with Crippen molar-refractivity contribution in [3.63, 3.8) is 0 Å². The van der Waals surface area contributed by atoms with E-state index >= 15 is 0 Å². The summed E-state index contributed by atoms with van der Waals surface area (Å²) >= 11 is 0. The molecule has 0 heterocycles. The summed E-state index contributed by atoms with van der Waals surface area (Å²) in [6.07, 6.45) is 0.0206. The van der Waals surface area contributed by atoms with Crippen molar-refractivity contribution in [3.05, 3.63) is 65.5 Å². The van der Waals surface area contributed by atoms with E-state index in [4.69, 9.17) is 0 Å². The second-order valence-corrected chi connectivity index (χ2v) is 5.46. The highest BCUT2D eigenvalue weighted by molar-refractivity contribution is 5.98. The molecule has 2 rings (SSSR count). The Labute approximate surface area is 143 Å². The van der Waals surface area contributed by atoms with Crippen molar-refractivity contribution in [3.8, 4) is 0 Å². The lowest BCUT2D eigenvalue weighted by Crippen LogP contribution is -2.42. The van der Waals surface area contributed by atoms with Gasteiger partial charge in [-0.1, -0.05) is 18.2 Å². The van der Waals surface area contributed by atoms with Gasteiger partial charge in [0.15, 0.2) is 0 Å². The van der Waals surface area contributed by atoms with Gasteiger partial charge < -0.3 is 15.7 Å². The van der Waals surface area contributed by atoms with Crippen molar-refractivity contribution in [1.29, 1.82) is 0 Å².